The van der Waals surface area contributed by atoms with Crippen LogP contribution in [0.5, 0.6) is 0 Å². The van der Waals surface area contributed by atoms with E-state index in [1.807, 2.05) is 0 Å². The molecule has 0 aromatic carbocycles. The van der Waals surface area contributed by atoms with Crippen molar-refractivity contribution in [1.82, 2.24) is 10.2 Å². The summed E-state index contributed by atoms with van der Waals surface area (Å²) < 4.78 is 0. The van der Waals surface area contributed by atoms with Crippen LogP contribution in [0.4, 0.5) is 0 Å². The van der Waals surface area contributed by atoms with Crippen LogP contribution >= 0.6 is 0 Å². The Balaban J connectivity index is 1.62. The molecule has 4 bridgehead atoms. The van der Waals surface area contributed by atoms with Gasteiger partial charge in [0.15, 0.2) is 0 Å². The Morgan fingerprint density at radius 1 is 1.00 bits per heavy atom. The van der Waals surface area contributed by atoms with Crippen LogP contribution in [0.25, 0.3) is 0 Å². The zero-order chi connectivity index (χ0) is 13.0. The molecule has 5 fully saturated rings. The van der Waals surface area contributed by atoms with Gasteiger partial charge in [0.1, 0.15) is 0 Å². The average Bonchev–Trinajstić information content (AvgIpc) is 2.37. The third-order valence-corrected chi connectivity index (χ3v) is 6.67. The van der Waals surface area contributed by atoms with Crippen molar-refractivity contribution >= 4 is 0 Å². The van der Waals surface area contributed by atoms with Gasteiger partial charge < -0.3 is 5.32 Å². The van der Waals surface area contributed by atoms with Gasteiger partial charge in [0, 0.05) is 31.2 Å². The molecule has 1 N–H and O–H groups in total. The highest BCUT2D eigenvalue weighted by Gasteiger charge is 2.54. The summed E-state index contributed by atoms with van der Waals surface area (Å²) in [5.41, 5.74) is 0.617. The lowest BCUT2D eigenvalue weighted by Crippen LogP contribution is -2.67. The second-order valence-electron chi connectivity index (χ2n) is 8.35. The van der Waals surface area contributed by atoms with Crippen molar-refractivity contribution < 1.29 is 0 Å². The van der Waals surface area contributed by atoms with Gasteiger partial charge in [-0.15, -0.1) is 0 Å². The van der Waals surface area contributed by atoms with E-state index in [4.69, 9.17) is 0 Å². The zero-order valence-electron chi connectivity index (χ0n) is 12.7. The fraction of sp³-hybridized carbons (Fsp3) is 1.00. The molecule has 1 aliphatic heterocycles. The Morgan fingerprint density at radius 3 is 2.11 bits per heavy atom. The van der Waals surface area contributed by atoms with Gasteiger partial charge in [0.25, 0.3) is 0 Å². The van der Waals surface area contributed by atoms with E-state index in [1.165, 1.54) is 38.9 Å². The molecule has 5 rings (SSSR count). The van der Waals surface area contributed by atoms with Crippen molar-refractivity contribution in [2.24, 2.45) is 23.7 Å². The van der Waals surface area contributed by atoms with Crippen LogP contribution in [0.3, 0.4) is 0 Å². The molecular formula is C17H30N2. The summed E-state index contributed by atoms with van der Waals surface area (Å²) in [6.45, 7) is 8.58. The SMILES string of the molecule is CC(C)C1CNCCN1C12CC3CC(CC(C3)C1)C2. The quantitative estimate of drug-likeness (QED) is 0.823. The summed E-state index contributed by atoms with van der Waals surface area (Å²) in [4.78, 5) is 2.98. The van der Waals surface area contributed by atoms with E-state index in [0.717, 1.165) is 29.7 Å². The summed E-state index contributed by atoms with van der Waals surface area (Å²) >= 11 is 0. The summed E-state index contributed by atoms with van der Waals surface area (Å²) in [5, 5.41) is 3.64. The molecule has 108 valence electrons. The Kier molecular flexibility index (Phi) is 2.97. The van der Waals surface area contributed by atoms with Crippen molar-refractivity contribution in [3.05, 3.63) is 0 Å². The maximum Gasteiger partial charge on any atom is 0.0249 e. The Morgan fingerprint density at radius 2 is 1.58 bits per heavy atom. The Hall–Kier alpha value is -0.0800. The van der Waals surface area contributed by atoms with E-state index >= 15 is 0 Å². The van der Waals surface area contributed by atoms with Crippen molar-refractivity contribution in [1.29, 1.82) is 0 Å². The highest BCUT2D eigenvalue weighted by Crippen LogP contribution is 2.58. The predicted molar refractivity (Wildman–Crippen MR) is 79.1 cm³/mol. The zero-order valence-corrected chi connectivity index (χ0v) is 12.7. The maximum absolute atomic E-state index is 3.64. The second kappa shape index (κ2) is 4.46. The first-order valence-electron chi connectivity index (χ1n) is 8.64. The van der Waals surface area contributed by atoms with Crippen LogP contribution in [0.15, 0.2) is 0 Å². The first kappa shape index (κ1) is 12.6. The Bertz CT molecular complexity index is 314. The number of nitrogens with zero attached hydrogens (tertiary/aromatic N) is 1. The van der Waals surface area contributed by atoms with Gasteiger partial charge in [-0.1, -0.05) is 13.8 Å². The summed E-state index contributed by atoms with van der Waals surface area (Å²) in [6, 6.07) is 0.782. The highest BCUT2D eigenvalue weighted by molar-refractivity contribution is 5.09. The van der Waals surface area contributed by atoms with Gasteiger partial charge in [-0.05, 0) is 62.2 Å². The Labute approximate surface area is 118 Å². The molecule has 0 aromatic rings. The van der Waals surface area contributed by atoms with Crippen LogP contribution in [0, 0.1) is 23.7 Å². The van der Waals surface area contributed by atoms with Crippen LogP contribution in [-0.2, 0) is 0 Å². The lowest BCUT2D eigenvalue weighted by atomic mass is 9.52. The summed E-state index contributed by atoms with van der Waals surface area (Å²) in [5.74, 6) is 4.03. The first-order chi connectivity index (χ1) is 9.16. The molecule has 19 heavy (non-hydrogen) atoms. The monoisotopic (exact) mass is 262 g/mol. The average molecular weight is 262 g/mol. The summed E-state index contributed by atoms with van der Waals surface area (Å²) in [6.07, 6.45) is 9.29. The minimum absolute atomic E-state index is 0.617. The minimum atomic E-state index is 0.617. The van der Waals surface area contributed by atoms with E-state index in [1.54, 1.807) is 19.3 Å². The van der Waals surface area contributed by atoms with Gasteiger partial charge in [0.05, 0.1) is 0 Å². The smallest absolute Gasteiger partial charge is 0.0249 e. The van der Waals surface area contributed by atoms with E-state index in [2.05, 4.69) is 24.1 Å². The van der Waals surface area contributed by atoms with Crippen molar-refractivity contribution in [2.45, 2.75) is 64.0 Å². The third-order valence-electron chi connectivity index (χ3n) is 6.67. The second-order valence-corrected chi connectivity index (χ2v) is 8.35. The van der Waals surface area contributed by atoms with Crippen molar-refractivity contribution in [2.75, 3.05) is 19.6 Å². The molecule has 1 atom stereocenters. The molecule has 0 aromatic heterocycles. The van der Waals surface area contributed by atoms with E-state index in [-0.39, 0.29) is 0 Å². The van der Waals surface area contributed by atoms with E-state index in [0.29, 0.717) is 5.54 Å². The minimum Gasteiger partial charge on any atom is -0.314 e. The molecule has 0 spiro atoms. The van der Waals surface area contributed by atoms with E-state index < -0.39 is 0 Å². The molecule has 5 aliphatic rings. The topological polar surface area (TPSA) is 15.3 Å². The lowest BCUT2D eigenvalue weighted by molar-refractivity contribution is -0.116. The number of piperazine rings is 1. The molecule has 2 heteroatoms. The number of hydrogen-bond acceptors (Lipinski definition) is 2. The first-order valence-corrected chi connectivity index (χ1v) is 8.64. The molecule has 1 unspecified atom stereocenters. The highest BCUT2D eigenvalue weighted by atomic mass is 15.3. The van der Waals surface area contributed by atoms with Gasteiger partial charge in [-0.3, -0.25) is 4.90 Å². The number of hydrogen-bond donors (Lipinski definition) is 1. The fourth-order valence-corrected chi connectivity index (χ4v) is 6.33. The molecule has 4 aliphatic carbocycles. The molecular weight excluding hydrogens is 232 g/mol. The molecule has 2 nitrogen and oxygen atoms in total. The predicted octanol–water partition coefficient (Wildman–Crippen LogP) is 2.89. The molecule has 1 saturated heterocycles. The van der Waals surface area contributed by atoms with Gasteiger partial charge in [-0.2, -0.15) is 0 Å². The normalized spacial score (nSPS) is 50.1. The molecule has 4 saturated carbocycles. The number of rotatable bonds is 2. The van der Waals surface area contributed by atoms with Crippen LogP contribution in [0.2, 0.25) is 0 Å². The van der Waals surface area contributed by atoms with Gasteiger partial charge >= 0.3 is 0 Å². The molecule has 0 amide bonds. The van der Waals surface area contributed by atoms with E-state index in [9.17, 15) is 0 Å². The fourth-order valence-electron chi connectivity index (χ4n) is 6.33. The third kappa shape index (κ3) is 1.98. The van der Waals surface area contributed by atoms with Crippen LogP contribution in [-0.4, -0.2) is 36.1 Å². The number of nitrogens with one attached hydrogen (secondary N) is 1. The van der Waals surface area contributed by atoms with Crippen molar-refractivity contribution in [3.63, 3.8) is 0 Å². The molecule has 0 radical (unpaired) electrons. The van der Waals surface area contributed by atoms with Crippen molar-refractivity contribution in [3.8, 4) is 0 Å². The maximum atomic E-state index is 3.64. The largest absolute Gasteiger partial charge is 0.314 e. The van der Waals surface area contributed by atoms with Gasteiger partial charge in [0.2, 0.25) is 0 Å². The molecule has 1 heterocycles. The lowest BCUT2D eigenvalue weighted by Gasteiger charge is -2.63. The standard InChI is InChI=1S/C17H30N2/c1-12(2)16-11-18-3-4-19(16)17-8-13-5-14(9-17)7-15(6-13)10-17/h12-16,18H,3-11H2,1-2H3. The summed E-state index contributed by atoms with van der Waals surface area (Å²) in [7, 11) is 0. The van der Waals surface area contributed by atoms with Crippen LogP contribution in [0.1, 0.15) is 52.4 Å². The van der Waals surface area contributed by atoms with Gasteiger partial charge in [-0.25, -0.2) is 0 Å². The van der Waals surface area contributed by atoms with Crippen LogP contribution < -0.4 is 5.32 Å².